The van der Waals surface area contributed by atoms with E-state index in [9.17, 15) is 13.2 Å². The van der Waals surface area contributed by atoms with Crippen molar-refractivity contribution < 1.29 is 13.2 Å². The molecule has 4 nitrogen and oxygen atoms in total. The second kappa shape index (κ2) is 7.09. The first-order valence-electron chi connectivity index (χ1n) is 8.86. The molecular weight excluding hydrogens is 377 g/mol. The molecule has 7 heteroatoms. The van der Waals surface area contributed by atoms with Crippen LogP contribution in [0.2, 0.25) is 0 Å². The second-order valence-corrected chi connectivity index (χ2v) is 6.76. The summed E-state index contributed by atoms with van der Waals surface area (Å²) in [4.78, 5) is 11.5. The highest BCUT2D eigenvalue weighted by Gasteiger charge is 2.32. The van der Waals surface area contributed by atoms with Crippen molar-refractivity contribution in [3.8, 4) is 11.1 Å². The maximum Gasteiger partial charge on any atom is 0.416 e. The number of H-pyrrole nitrogens is 1. The van der Waals surface area contributed by atoms with E-state index in [0.29, 0.717) is 11.5 Å². The number of hydrogen-bond acceptors (Lipinski definition) is 3. The van der Waals surface area contributed by atoms with Crippen LogP contribution in [0.25, 0.3) is 34.3 Å². The Morgan fingerprint density at radius 1 is 0.931 bits per heavy atom. The quantitative estimate of drug-likeness (QED) is 0.468. The van der Waals surface area contributed by atoms with E-state index in [4.69, 9.17) is 5.73 Å². The Kier molecular flexibility index (Phi) is 4.58. The SMILES string of the molecule is Cc1ccc(C(F)(F)F)c(/C=C/c2c[nH]c3ncc(-c4ccc(N)nc4)cc23)c1. The molecule has 0 amide bonds. The zero-order chi connectivity index (χ0) is 20.6. The topological polar surface area (TPSA) is 67.6 Å². The summed E-state index contributed by atoms with van der Waals surface area (Å²) >= 11 is 0. The number of hydrogen-bond donors (Lipinski definition) is 2. The van der Waals surface area contributed by atoms with Gasteiger partial charge in [-0.25, -0.2) is 9.97 Å². The lowest BCUT2D eigenvalue weighted by molar-refractivity contribution is -0.137. The molecule has 0 radical (unpaired) electrons. The molecule has 0 aliphatic rings. The van der Waals surface area contributed by atoms with Gasteiger partial charge in [0.15, 0.2) is 0 Å². The van der Waals surface area contributed by atoms with Gasteiger partial charge in [-0.05, 0) is 36.8 Å². The lowest BCUT2D eigenvalue weighted by Gasteiger charge is -2.11. The van der Waals surface area contributed by atoms with Gasteiger partial charge in [0.2, 0.25) is 0 Å². The van der Waals surface area contributed by atoms with Gasteiger partial charge in [0.1, 0.15) is 11.5 Å². The molecule has 29 heavy (non-hydrogen) atoms. The maximum absolute atomic E-state index is 13.3. The van der Waals surface area contributed by atoms with Gasteiger partial charge < -0.3 is 10.7 Å². The molecule has 3 N–H and O–H groups in total. The molecule has 1 aromatic carbocycles. The lowest BCUT2D eigenvalue weighted by Crippen LogP contribution is -2.07. The van der Waals surface area contributed by atoms with E-state index in [-0.39, 0.29) is 5.56 Å². The van der Waals surface area contributed by atoms with Gasteiger partial charge in [0.05, 0.1) is 5.56 Å². The minimum absolute atomic E-state index is 0.124. The fraction of sp³-hybridized carbons (Fsp3) is 0.0909. The van der Waals surface area contributed by atoms with E-state index >= 15 is 0 Å². The van der Waals surface area contributed by atoms with Crippen molar-refractivity contribution in [3.05, 3.63) is 77.2 Å². The van der Waals surface area contributed by atoms with Gasteiger partial charge in [0.25, 0.3) is 0 Å². The average Bonchev–Trinajstić information content (AvgIpc) is 3.08. The van der Waals surface area contributed by atoms with Crippen LogP contribution < -0.4 is 5.73 Å². The Hall–Kier alpha value is -3.61. The van der Waals surface area contributed by atoms with Crippen LogP contribution in [0.1, 0.15) is 22.3 Å². The van der Waals surface area contributed by atoms with Crippen molar-refractivity contribution in [1.29, 1.82) is 0 Å². The standard InChI is InChI=1S/C22H17F3N4/c1-13-2-6-19(22(23,24)25)14(8-13)3-4-16-11-28-21-18(16)9-17(12-29-21)15-5-7-20(26)27-10-15/h2-12H,1H3,(H2,26,27)(H,28,29)/b4-3+. The second-order valence-electron chi connectivity index (χ2n) is 6.76. The summed E-state index contributed by atoms with van der Waals surface area (Å²) < 4.78 is 39.9. The number of aryl methyl sites for hydroxylation is 1. The average molecular weight is 394 g/mol. The predicted molar refractivity (Wildman–Crippen MR) is 109 cm³/mol. The minimum Gasteiger partial charge on any atom is -0.384 e. The highest BCUT2D eigenvalue weighted by molar-refractivity contribution is 5.92. The molecule has 4 aromatic rings. The molecule has 4 rings (SSSR count). The largest absolute Gasteiger partial charge is 0.416 e. The van der Waals surface area contributed by atoms with Crippen molar-refractivity contribution in [3.63, 3.8) is 0 Å². The number of nitrogens with zero attached hydrogens (tertiary/aromatic N) is 2. The number of nitrogens with one attached hydrogen (secondary N) is 1. The number of pyridine rings is 2. The number of benzene rings is 1. The first-order chi connectivity index (χ1) is 13.8. The number of nitrogen functional groups attached to an aromatic ring is 1. The van der Waals surface area contributed by atoms with Gasteiger partial charge in [-0.15, -0.1) is 0 Å². The maximum atomic E-state index is 13.3. The number of aromatic nitrogens is 3. The Bertz CT molecular complexity index is 1210. The molecule has 0 aliphatic heterocycles. The van der Waals surface area contributed by atoms with Gasteiger partial charge >= 0.3 is 6.18 Å². The summed E-state index contributed by atoms with van der Waals surface area (Å²) in [5, 5.41) is 0.803. The van der Waals surface area contributed by atoms with Gasteiger partial charge in [-0.3, -0.25) is 0 Å². The van der Waals surface area contributed by atoms with Crippen LogP contribution in [0.4, 0.5) is 19.0 Å². The Labute approximate surface area is 164 Å². The normalized spacial score (nSPS) is 12.1. The molecule has 0 atom stereocenters. The third kappa shape index (κ3) is 3.85. The molecule has 0 spiro atoms. The fourth-order valence-corrected chi connectivity index (χ4v) is 3.15. The summed E-state index contributed by atoms with van der Waals surface area (Å²) in [6, 6.07) is 9.56. The number of fused-ring (bicyclic) bond motifs is 1. The van der Waals surface area contributed by atoms with Crippen molar-refractivity contribution >= 4 is 29.0 Å². The monoisotopic (exact) mass is 394 g/mol. The van der Waals surface area contributed by atoms with E-state index in [1.165, 1.54) is 18.2 Å². The van der Waals surface area contributed by atoms with Gasteiger partial charge in [-0.2, -0.15) is 13.2 Å². The number of rotatable bonds is 3. The Morgan fingerprint density at radius 3 is 2.41 bits per heavy atom. The molecule has 0 bridgehead atoms. The minimum atomic E-state index is -4.41. The summed E-state index contributed by atoms with van der Waals surface area (Å²) in [5.74, 6) is 0.423. The van der Waals surface area contributed by atoms with E-state index < -0.39 is 11.7 Å². The van der Waals surface area contributed by atoms with Crippen molar-refractivity contribution in [2.75, 3.05) is 5.73 Å². The lowest BCUT2D eigenvalue weighted by atomic mass is 10.0. The highest BCUT2D eigenvalue weighted by atomic mass is 19.4. The van der Waals surface area contributed by atoms with Crippen molar-refractivity contribution in [2.24, 2.45) is 0 Å². The third-order valence-electron chi connectivity index (χ3n) is 4.64. The first kappa shape index (κ1) is 18.7. The van der Waals surface area contributed by atoms with E-state index in [1.54, 1.807) is 37.7 Å². The smallest absolute Gasteiger partial charge is 0.384 e. The van der Waals surface area contributed by atoms with E-state index in [2.05, 4.69) is 15.0 Å². The highest BCUT2D eigenvalue weighted by Crippen LogP contribution is 2.34. The van der Waals surface area contributed by atoms with Gasteiger partial charge in [0, 0.05) is 40.7 Å². The van der Waals surface area contributed by atoms with Crippen LogP contribution in [0.5, 0.6) is 0 Å². The van der Waals surface area contributed by atoms with Crippen LogP contribution in [-0.2, 0) is 6.18 Å². The zero-order valence-electron chi connectivity index (χ0n) is 15.5. The number of aromatic amines is 1. The molecule has 3 heterocycles. The molecule has 0 saturated heterocycles. The van der Waals surface area contributed by atoms with Crippen LogP contribution in [0.15, 0.2) is 55.0 Å². The molecule has 0 unspecified atom stereocenters. The number of halogens is 3. The number of anilines is 1. The summed E-state index contributed by atoms with van der Waals surface area (Å²) in [7, 11) is 0. The van der Waals surface area contributed by atoms with Crippen molar-refractivity contribution in [1.82, 2.24) is 15.0 Å². The summed E-state index contributed by atoms with van der Waals surface area (Å²) in [6.07, 6.45) is 3.82. The third-order valence-corrected chi connectivity index (χ3v) is 4.64. The van der Waals surface area contributed by atoms with Crippen LogP contribution in [-0.4, -0.2) is 15.0 Å². The molecular formula is C22H17F3N4. The Morgan fingerprint density at radius 2 is 1.69 bits per heavy atom. The van der Waals surface area contributed by atoms with Gasteiger partial charge in [-0.1, -0.05) is 29.8 Å². The first-order valence-corrected chi connectivity index (χ1v) is 8.86. The number of alkyl halides is 3. The van der Waals surface area contributed by atoms with Crippen LogP contribution in [0.3, 0.4) is 0 Å². The van der Waals surface area contributed by atoms with E-state index in [1.807, 2.05) is 12.1 Å². The Balaban J connectivity index is 1.75. The number of nitrogens with two attached hydrogens (primary N) is 1. The fourth-order valence-electron chi connectivity index (χ4n) is 3.15. The zero-order valence-corrected chi connectivity index (χ0v) is 15.5. The van der Waals surface area contributed by atoms with Crippen LogP contribution in [0, 0.1) is 6.92 Å². The molecule has 0 saturated carbocycles. The van der Waals surface area contributed by atoms with Crippen molar-refractivity contribution in [2.45, 2.75) is 13.1 Å². The molecule has 0 aliphatic carbocycles. The van der Waals surface area contributed by atoms with E-state index in [0.717, 1.165) is 33.7 Å². The summed E-state index contributed by atoms with van der Waals surface area (Å²) in [5.41, 5.74) is 8.93. The molecule has 3 aromatic heterocycles. The molecule has 146 valence electrons. The predicted octanol–water partition coefficient (Wildman–Crippen LogP) is 5.70. The van der Waals surface area contributed by atoms with Crippen LogP contribution >= 0.6 is 0 Å². The summed E-state index contributed by atoms with van der Waals surface area (Å²) in [6.45, 7) is 1.76. The molecule has 0 fully saturated rings.